The number of hydrogen-bond acceptors (Lipinski definition) is 6. The van der Waals surface area contributed by atoms with E-state index in [1.807, 2.05) is 0 Å². The maximum absolute atomic E-state index is 6.84. The Morgan fingerprint density at radius 3 is 1.36 bits per heavy atom. The summed E-state index contributed by atoms with van der Waals surface area (Å²) in [6.07, 6.45) is 1.76. The number of hydrogen-bond donors (Lipinski definition) is 4. The molecule has 6 heteroatoms. The molecule has 0 fully saturated rings. The summed E-state index contributed by atoms with van der Waals surface area (Å²) in [7, 11) is 0. The van der Waals surface area contributed by atoms with Crippen molar-refractivity contribution in [2.24, 2.45) is 0 Å². The van der Waals surface area contributed by atoms with E-state index in [1.165, 1.54) is 0 Å². The van der Waals surface area contributed by atoms with E-state index in [4.69, 9.17) is 20.3 Å². The minimum atomic E-state index is 0.596. The van der Waals surface area contributed by atoms with Gasteiger partial charge in [0.15, 0.2) is 12.8 Å². The molecule has 0 saturated carbocycles. The van der Waals surface area contributed by atoms with Gasteiger partial charge in [0.2, 0.25) is 0 Å². The van der Waals surface area contributed by atoms with E-state index in [2.05, 4.69) is 22.7 Å². The Morgan fingerprint density at radius 2 is 1.05 bits per heavy atom. The summed E-state index contributed by atoms with van der Waals surface area (Å²) in [6.45, 7) is 0. The number of nitrogens with one attached hydrogen (secondary N) is 4. The van der Waals surface area contributed by atoms with E-state index < -0.39 is 0 Å². The molecule has 22 heavy (non-hydrogen) atoms. The number of benzene rings is 2. The zero-order chi connectivity index (χ0) is 15.6. The topological polar surface area (TPSA) is 90.2 Å². The third kappa shape index (κ3) is 4.58. The quantitative estimate of drug-likeness (QED) is 0.285. The fourth-order valence-corrected chi connectivity index (χ4v) is 1.58. The first-order valence-electron chi connectivity index (χ1n) is 6.35. The zero-order valence-electron chi connectivity index (χ0n) is 11.6. The van der Waals surface area contributed by atoms with Crippen molar-refractivity contribution < 1.29 is 9.47 Å². The van der Waals surface area contributed by atoms with Gasteiger partial charge in [0.1, 0.15) is 11.5 Å². The number of anilines is 2. The van der Waals surface area contributed by atoms with Crippen molar-refractivity contribution in [3.63, 3.8) is 0 Å². The molecule has 0 aliphatic heterocycles. The van der Waals surface area contributed by atoms with Crippen molar-refractivity contribution in [1.29, 1.82) is 10.8 Å². The lowest BCUT2D eigenvalue weighted by molar-refractivity contribution is 0.570. The molecule has 4 N–H and O–H groups in total. The first-order valence-corrected chi connectivity index (χ1v) is 6.35. The maximum atomic E-state index is 6.84. The van der Waals surface area contributed by atoms with Crippen molar-refractivity contribution in [3.8, 4) is 23.6 Å². The maximum Gasteiger partial charge on any atom is 0.173 e. The molecule has 0 spiro atoms. The van der Waals surface area contributed by atoms with Gasteiger partial charge >= 0.3 is 0 Å². The third-order valence-corrected chi connectivity index (χ3v) is 2.57. The SMILES string of the molecule is N=COc1ccc(NC#CNc2ccc(OC=N)cc2)cc1. The molecule has 0 atom stereocenters. The second kappa shape index (κ2) is 7.97. The van der Waals surface area contributed by atoms with E-state index in [0.717, 1.165) is 24.2 Å². The Kier molecular flexibility index (Phi) is 5.41. The molecule has 110 valence electrons. The highest BCUT2D eigenvalue weighted by Crippen LogP contribution is 2.15. The van der Waals surface area contributed by atoms with Gasteiger partial charge in [-0.25, -0.2) is 0 Å². The normalized spacial score (nSPS) is 8.91. The van der Waals surface area contributed by atoms with Crippen LogP contribution in [0.3, 0.4) is 0 Å². The lowest BCUT2D eigenvalue weighted by Gasteiger charge is -2.02. The predicted octanol–water partition coefficient (Wildman–Crippen LogP) is 3.10. The van der Waals surface area contributed by atoms with Crippen LogP contribution in [0.5, 0.6) is 11.5 Å². The van der Waals surface area contributed by atoms with Crippen LogP contribution in [-0.4, -0.2) is 12.8 Å². The summed E-state index contributed by atoms with van der Waals surface area (Å²) >= 11 is 0. The van der Waals surface area contributed by atoms with Gasteiger partial charge in [-0.05, 0) is 48.5 Å². The van der Waals surface area contributed by atoms with Gasteiger partial charge in [-0.3, -0.25) is 10.8 Å². The van der Waals surface area contributed by atoms with Crippen molar-refractivity contribution in [2.75, 3.05) is 10.6 Å². The Bertz CT molecular complexity index is 625. The standard InChI is InChI=1S/C16H14N4O2/c17-11-21-15-5-1-13(2-6-15)19-9-10-20-14-3-7-16(8-4-14)22-12-18/h1-8,11-12,17-20H. The van der Waals surface area contributed by atoms with Crippen LogP contribution in [-0.2, 0) is 0 Å². The van der Waals surface area contributed by atoms with E-state index in [1.54, 1.807) is 48.5 Å². The summed E-state index contributed by atoms with van der Waals surface area (Å²) < 4.78 is 9.83. The Labute approximate surface area is 128 Å². The molecule has 0 saturated heterocycles. The van der Waals surface area contributed by atoms with E-state index in [-0.39, 0.29) is 0 Å². The van der Waals surface area contributed by atoms with Gasteiger partial charge in [-0.2, -0.15) is 0 Å². The van der Waals surface area contributed by atoms with E-state index >= 15 is 0 Å². The van der Waals surface area contributed by atoms with Crippen LogP contribution < -0.4 is 20.1 Å². The molecule has 0 radical (unpaired) electrons. The van der Waals surface area contributed by atoms with Gasteiger partial charge in [-0.15, -0.1) is 0 Å². The smallest absolute Gasteiger partial charge is 0.173 e. The van der Waals surface area contributed by atoms with Gasteiger partial charge in [-0.1, -0.05) is 0 Å². The minimum absolute atomic E-state index is 0.596. The first-order chi connectivity index (χ1) is 10.8. The van der Waals surface area contributed by atoms with E-state index in [0.29, 0.717) is 11.5 Å². The minimum Gasteiger partial charge on any atom is -0.446 e. The zero-order valence-corrected chi connectivity index (χ0v) is 11.6. The molecule has 0 aliphatic carbocycles. The Morgan fingerprint density at radius 1 is 0.682 bits per heavy atom. The third-order valence-electron chi connectivity index (χ3n) is 2.57. The van der Waals surface area contributed by atoms with E-state index in [9.17, 15) is 0 Å². The molecular weight excluding hydrogens is 280 g/mol. The summed E-state index contributed by atoms with van der Waals surface area (Å²) in [5, 5.41) is 19.5. The van der Waals surface area contributed by atoms with Crippen LogP contribution in [0.15, 0.2) is 48.5 Å². The average molecular weight is 294 g/mol. The van der Waals surface area contributed by atoms with Gasteiger partial charge in [0.05, 0.1) is 0 Å². The first kappa shape index (κ1) is 14.9. The second-order valence-electron chi connectivity index (χ2n) is 4.02. The molecule has 0 aromatic heterocycles. The largest absolute Gasteiger partial charge is 0.446 e. The van der Waals surface area contributed by atoms with Crippen LogP contribution in [0.2, 0.25) is 0 Å². The van der Waals surface area contributed by atoms with Crippen LogP contribution in [0.1, 0.15) is 0 Å². The van der Waals surface area contributed by atoms with Crippen molar-refractivity contribution in [1.82, 2.24) is 0 Å². The molecule has 0 heterocycles. The number of rotatable bonds is 6. The average Bonchev–Trinajstić information content (AvgIpc) is 2.55. The molecule has 0 unspecified atom stereocenters. The molecule has 0 amide bonds. The molecule has 0 aliphatic rings. The highest BCUT2D eigenvalue weighted by molar-refractivity contribution is 5.56. The fourth-order valence-electron chi connectivity index (χ4n) is 1.58. The highest BCUT2D eigenvalue weighted by atomic mass is 16.5. The molecule has 2 aromatic rings. The number of ether oxygens (including phenoxy) is 2. The summed E-state index contributed by atoms with van der Waals surface area (Å²) in [6, 6.07) is 19.7. The van der Waals surface area contributed by atoms with Crippen molar-refractivity contribution in [3.05, 3.63) is 48.5 Å². The molecule has 6 nitrogen and oxygen atoms in total. The van der Waals surface area contributed by atoms with Gasteiger partial charge in [0, 0.05) is 23.5 Å². The Hall–Kier alpha value is -3.46. The lowest BCUT2D eigenvalue weighted by atomic mass is 10.3. The highest BCUT2D eigenvalue weighted by Gasteiger charge is 1.93. The summed E-state index contributed by atoms with van der Waals surface area (Å²) in [5.41, 5.74) is 1.64. The molecular formula is C16H14N4O2. The fraction of sp³-hybridized carbons (Fsp3) is 0. The summed E-state index contributed by atoms with van der Waals surface area (Å²) in [5.74, 6) is 1.19. The molecule has 2 rings (SSSR count). The van der Waals surface area contributed by atoms with Crippen LogP contribution in [0, 0.1) is 22.9 Å². The van der Waals surface area contributed by atoms with Crippen LogP contribution >= 0.6 is 0 Å². The van der Waals surface area contributed by atoms with Gasteiger partial charge < -0.3 is 20.1 Å². The monoisotopic (exact) mass is 294 g/mol. The van der Waals surface area contributed by atoms with Crippen molar-refractivity contribution >= 4 is 24.2 Å². The summed E-state index contributed by atoms with van der Waals surface area (Å²) in [4.78, 5) is 0. The second-order valence-corrected chi connectivity index (χ2v) is 4.02. The van der Waals surface area contributed by atoms with Crippen LogP contribution in [0.25, 0.3) is 0 Å². The van der Waals surface area contributed by atoms with Gasteiger partial charge in [0.25, 0.3) is 0 Å². The molecule has 2 aromatic carbocycles. The van der Waals surface area contributed by atoms with Crippen molar-refractivity contribution in [2.45, 2.75) is 0 Å². The molecule has 0 bridgehead atoms. The van der Waals surface area contributed by atoms with Crippen LogP contribution in [0.4, 0.5) is 11.4 Å². The predicted molar refractivity (Wildman–Crippen MR) is 86.7 cm³/mol. The Balaban J connectivity index is 1.85. The lowest BCUT2D eigenvalue weighted by Crippen LogP contribution is -1.93.